The topological polar surface area (TPSA) is 46.1 Å². The third kappa shape index (κ3) is 3.24. The summed E-state index contributed by atoms with van der Waals surface area (Å²) in [4.78, 5) is 12.0. The fourth-order valence-corrected chi connectivity index (χ4v) is 2.02. The molecule has 1 atom stereocenters. The van der Waals surface area contributed by atoms with Gasteiger partial charge in [0.05, 0.1) is 5.69 Å². The van der Waals surface area contributed by atoms with E-state index in [4.69, 9.17) is 0 Å². The molecule has 1 unspecified atom stereocenters. The van der Waals surface area contributed by atoms with Gasteiger partial charge in [-0.25, -0.2) is 4.39 Å². The molecule has 0 aliphatic carbocycles. The number of nitrogens with zero attached hydrogens (tertiary/aromatic N) is 1. The highest BCUT2D eigenvalue weighted by molar-refractivity contribution is 5.90. The summed E-state index contributed by atoms with van der Waals surface area (Å²) in [6.45, 7) is 2.17. The highest BCUT2D eigenvalue weighted by atomic mass is 19.1. The Kier molecular flexibility index (Phi) is 4.53. The average Bonchev–Trinajstić information content (AvgIpc) is 2.88. The maximum Gasteiger partial charge on any atom is 0.244 e. The molecule has 5 heteroatoms. The minimum absolute atomic E-state index is 0.145. The molecular weight excluding hydrogens is 257 g/mol. The minimum atomic E-state index is -0.433. The summed E-state index contributed by atoms with van der Waals surface area (Å²) in [7, 11) is 1.86. The number of aromatic nitrogens is 1. The van der Waals surface area contributed by atoms with Crippen LogP contribution in [-0.2, 0) is 11.3 Å². The van der Waals surface area contributed by atoms with Crippen molar-refractivity contribution in [2.24, 2.45) is 0 Å². The van der Waals surface area contributed by atoms with Gasteiger partial charge in [0.15, 0.2) is 0 Å². The van der Waals surface area contributed by atoms with Gasteiger partial charge in [-0.2, -0.15) is 0 Å². The van der Waals surface area contributed by atoms with Crippen LogP contribution in [-0.4, -0.2) is 17.5 Å². The van der Waals surface area contributed by atoms with E-state index >= 15 is 0 Å². The summed E-state index contributed by atoms with van der Waals surface area (Å²) in [5, 5.41) is 5.70. The molecule has 0 saturated heterocycles. The van der Waals surface area contributed by atoms with Gasteiger partial charge in [-0.3, -0.25) is 4.79 Å². The Morgan fingerprint density at radius 1 is 1.30 bits per heavy atom. The number of anilines is 1. The molecule has 0 bridgehead atoms. The molecule has 2 N–H and O–H groups in total. The molecule has 0 radical (unpaired) electrons. The standard InChI is InChI=1S/C15H18FN3O/c1-11(17-2)14-8-5-9-19(14)10-15(20)18-13-7-4-3-6-12(13)16/h3-9,11,17H,10H2,1-2H3,(H,18,20). The fraction of sp³-hybridized carbons (Fsp3) is 0.267. The lowest BCUT2D eigenvalue weighted by Crippen LogP contribution is -2.23. The van der Waals surface area contributed by atoms with Crippen LogP contribution in [0.2, 0.25) is 0 Å². The van der Waals surface area contributed by atoms with Crippen LogP contribution in [0.5, 0.6) is 0 Å². The van der Waals surface area contributed by atoms with E-state index in [0.29, 0.717) is 0 Å². The predicted molar refractivity (Wildman–Crippen MR) is 76.9 cm³/mol. The van der Waals surface area contributed by atoms with Gasteiger partial charge in [0.2, 0.25) is 5.91 Å². The van der Waals surface area contributed by atoms with Crippen LogP contribution in [0, 0.1) is 5.82 Å². The lowest BCUT2D eigenvalue weighted by Gasteiger charge is -2.15. The Morgan fingerprint density at radius 3 is 2.75 bits per heavy atom. The highest BCUT2D eigenvalue weighted by Gasteiger charge is 2.12. The van der Waals surface area contributed by atoms with E-state index in [1.54, 1.807) is 18.2 Å². The number of benzene rings is 1. The van der Waals surface area contributed by atoms with Gasteiger partial charge >= 0.3 is 0 Å². The van der Waals surface area contributed by atoms with Gasteiger partial charge in [-0.15, -0.1) is 0 Å². The number of hydrogen-bond donors (Lipinski definition) is 2. The third-order valence-electron chi connectivity index (χ3n) is 3.20. The molecule has 2 aromatic rings. The van der Waals surface area contributed by atoms with Crippen molar-refractivity contribution < 1.29 is 9.18 Å². The second-order valence-electron chi connectivity index (χ2n) is 4.60. The molecule has 1 amide bonds. The van der Waals surface area contributed by atoms with Gasteiger partial charge in [-0.05, 0) is 38.2 Å². The van der Waals surface area contributed by atoms with Crippen molar-refractivity contribution in [1.29, 1.82) is 0 Å². The molecule has 0 spiro atoms. The summed E-state index contributed by atoms with van der Waals surface area (Å²) in [6.07, 6.45) is 1.84. The predicted octanol–water partition coefficient (Wildman–Crippen LogP) is 2.55. The van der Waals surface area contributed by atoms with Gasteiger partial charge in [0.25, 0.3) is 0 Å². The Morgan fingerprint density at radius 2 is 2.05 bits per heavy atom. The van der Waals surface area contributed by atoms with Crippen LogP contribution in [0.1, 0.15) is 18.7 Å². The first-order chi connectivity index (χ1) is 9.61. The molecule has 2 rings (SSSR count). The van der Waals surface area contributed by atoms with Crippen LogP contribution in [0.15, 0.2) is 42.6 Å². The lowest BCUT2D eigenvalue weighted by atomic mass is 10.2. The smallest absolute Gasteiger partial charge is 0.244 e. The van der Waals surface area contributed by atoms with Crippen LogP contribution in [0.25, 0.3) is 0 Å². The largest absolute Gasteiger partial charge is 0.341 e. The van der Waals surface area contributed by atoms with Crippen LogP contribution in [0.3, 0.4) is 0 Å². The Hall–Kier alpha value is -2.14. The number of rotatable bonds is 5. The van der Waals surface area contributed by atoms with Crippen LogP contribution in [0.4, 0.5) is 10.1 Å². The van der Waals surface area contributed by atoms with Crippen molar-refractivity contribution in [2.45, 2.75) is 19.5 Å². The molecule has 1 aromatic carbocycles. The number of carbonyl (C=O) groups is 1. The molecule has 0 aliphatic rings. The van der Waals surface area contributed by atoms with E-state index in [2.05, 4.69) is 10.6 Å². The molecule has 106 valence electrons. The van der Waals surface area contributed by atoms with Crippen LogP contribution < -0.4 is 10.6 Å². The number of nitrogens with one attached hydrogen (secondary N) is 2. The molecule has 1 heterocycles. The van der Waals surface area contributed by atoms with Crippen molar-refractivity contribution in [2.75, 3.05) is 12.4 Å². The zero-order chi connectivity index (χ0) is 14.5. The summed E-state index contributed by atoms with van der Waals surface area (Å²) in [6, 6.07) is 10.1. The molecular formula is C15H18FN3O. The van der Waals surface area contributed by atoms with E-state index < -0.39 is 5.82 Å². The second kappa shape index (κ2) is 6.34. The molecule has 4 nitrogen and oxygen atoms in total. The number of carbonyl (C=O) groups excluding carboxylic acids is 1. The van der Waals surface area contributed by atoms with Gasteiger partial charge in [0.1, 0.15) is 12.4 Å². The number of hydrogen-bond acceptors (Lipinski definition) is 2. The van der Waals surface area contributed by atoms with Crippen molar-refractivity contribution in [1.82, 2.24) is 9.88 Å². The summed E-state index contributed by atoms with van der Waals surface area (Å²) >= 11 is 0. The van der Waals surface area contributed by atoms with Crippen molar-refractivity contribution in [3.05, 3.63) is 54.1 Å². The van der Waals surface area contributed by atoms with Crippen molar-refractivity contribution in [3.63, 3.8) is 0 Å². The monoisotopic (exact) mass is 275 g/mol. The third-order valence-corrected chi connectivity index (χ3v) is 3.20. The van der Waals surface area contributed by atoms with Crippen molar-refractivity contribution in [3.8, 4) is 0 Å². The minimum Gasteiger partial charge on any atom is -0.341 e. The van der Waals surface area contributed by atoms with Gasteiger partial charge in [0, 0.05) is 17.9 Å². The molecule has 1 aromatic heterocycles. The number of halogens is 1. The zero-order valence-electron chi connectivity index (χ0n) is 11.6. The normalized spacial score (nSPS) is 12.2. The molecule has 0 saturated carbocycles. The van der Waals surface area contributed by atoms with E-state index in [9.17, 15) is 9.18 Å². The Bertz CT molecular complexity index is 594. The maximum absolute atomic E-state index is 13.5. The summed E-state index contributed by atoms with van der Waals surface area (Å²) in [5.41, 5.74) is 1.21. The first-order valence-corrected chi connectivity index (χ1v) is 6.48. The maximum atomic E-state index is 13.5. The summed E-state index contributed by atoms with van der Waals surface area (Å²) < 4.78 is 15.3. The molecule has 0 aliphatic heterocycles. The first-order valence-electron chi connectivity index (χ1n) is 6.48. The van der Waals surface area contributed by atoms with Gasteiger partial charge in [-0.1, -0.05) is 12.1 Å². The van der Waals surface area contributed by atoms with E-state index in [1.807, 2.05) is 36.9 Å². The van der Waals surface area contributed by atoms with E-state index in [-0.39, 0.29) is 24.2 Å². The van der Waals surface area contributed by atoms with E-state index in [0.717, 1.165) is 5.69 Å². The Balaban J connectivity index is 2.06. The molecule has 20 heavy (non-hydrogen) atoms. The zero-order valence-corrected chi connectivity index (χ0v) is 11.6. The number of para-hydroxylation sites is 1. The van der Waals surface area contributed by atoms with Crippen molar-refractivity contribution >= 4 is 11.6 Å². The fourth-order valence-electron chi connectivity index (χ4n) is 2.02. The SMILES string of the molecule is CNC(C)c1cccn1CC(=O)Nc1ccccc1F. The highest BCUT2D eigenvalue weighted by Crippen LogP contribution is 2.15. The summed E-state index contributed by atoms with van der Waals surface area (Å²) in [5.74, 6) is -0.687. The quantitative estimate of drug-likeness (QED) is 0.881. The average molecular weight is 275 g/mol. The number of amides is 1. The Labute approximate surface area is 117 Å². The van der Waals surface area contributed by atoms with Crippen LogP contribution >= 0.6 is 0 Å². The van der Waals surface area contributed by atoms with E-state index in [1.165, 1.54) is 6.07 Å². The first kappa shape index (κ1) is 14.3. The molecule has 0 fully saturated rings. The second-order valence-corrected chi connectivity index (χ2v) is 4.60. The lowest BCUT2D eigenvalue weighted by molar-refractivity contribution is -0.116. The van der Waals surface area contributed by atoms with Gasteiger partial charge < -0.3 is 15.2 Å².